The van der Waals surface area contributed by atoms with Gasteiger partial charge in [-0.1, -0.05) is 32.6 Å². The summed E-state index contributed by atoms with van der Waals surface area (Å²) in [5.41, 5.74) is -1.17. The number of aliphatic hydroxyl groups is 1. The Kier molecular flexibility index (Phi) is 2.66. The highest BCUT2D eigenvalue weighted by Gasteiger charge is 2.59. The second-order valence-corrected chi connectivity index (χ2v) is 5.67. The van der Waals surface area contributed by atoms with Crippen LogP contribution in [-0.4, -0.2) is 16.5 Å². The van der Waals surface area contributed by atoms with Crippen LogP contribution in [0.2, 0.25) is 0 Å². The molecule has 0 aliphatic heterocycles. The number of Topliss-reactive ketones (excluding diaryl/α,β-unsaturated/α-hetero) is 1. The summed E-state index contributed by atoms with van der Waals surface area (Å²) in [6.45, 7) is 3.90. The SMILES string of the molecule is C[C@H]1CC(=O)[C@](C)(O)C12CCCCCC2. The van der Waals surface area contributed by atoms with E-state index in [0.29, 0.717) is 12.3 Å². The zero-order valence-corrected chi connectivity index (χ0v) is 9.88. The third-order valence-electron chi connectivity index (χ3n) is 4.94. The summed E-state index contributed by atoms with van der Waals surface area (Å²) in [6, 6.07) is 0. The van der Waals surface area contributed by atoms with Gasteiger partial charge in [-0.25, -0.2) is 0 Å². The van der Waals surface area contributed by atoms with Crippen LogP contribution in [0.3, 0.4) is 0 Å². The maximum absolute atomic E-state index is 11.8. The van der Waals surface area contributed by atoms with Crippen LogP contribution in [-0.2, 0) is 4.79 Å². The molecule has 0 aromatic rings. The lowest BCUT2D eigenvalue weighted by atomic mass is 9.65. The molecule has 2 heteroatoms. The van der Waals surface area contributed by atoms with E-state index >= 15 is 0 Å². The Morgan fingerprint density at radius 1 is 1.20 bits per heavy atom. The standard InChI is InChI=1S/C13H22O2/c1-10-9-11(14)12(2,15)13(10)7-5-3-4-6-8-13/h10,15H,3-9H2,1-2H3/t10-,12-/m0/s1. The quantitative estimate of drug-likeness (QED) is 0.667. The fraction of sp³-hybridized carbons (Fsp3) is 0.923. The fourth-order valence-electron chi connectivity index (χ4n) is 3.77. The molecule has 86 valence electrons. The highest BCUT2D eigenvalue weighted by Crippen LogP contribution is 2.55. The van der Waals surface area contributed by atoms with Crippen molar-refractivity contribution in [3.63, 3.8) is 0 Å². The predicted molar refractivity (Wildman–Crippen MR) is 59.5 cm³/mol. The Morgan fingerprint density at radius 3 is 2.13 bits per heavy atom. The van der Waals surface area contributed by atoms with Crippen molar-refractivity contribution in [2.75, 3.05) is 0 Å². The van der Waals surface area contributed by atoms with Gasteiger partial charge in [0, 0.05) is 11.8 Å². The Balaban J connectivity index is 2.34. The first-order valence-electron chi connectivity index (χ1n) is 6.26. The number of ketones is 1. The molecule has 0 aromatic heterocycles. The average Bonchev–Trinajstić information content (AvgIpc) is 2.40. The monoisotopic (exact) mass is 210 g/mol. The van der Waals surface area contributed by atoms with Crippen molar-refractivity contribution >= 4 is 5.78 Å². The van der Waals surface area contributed by atoms with E-state index in [1.807, 2.05) is 0 Å². The van der Waals surface area contributed by atoms with Gasteiger partial charge in [-0.3, -0.25) is 4.79 Å². The maximum Gasteiger partial charge on any atom is 0.164 e. The lowest BCUT2D eigenvalue weighted by Gasteiger charge is -2.41. The minimum atomic E-state index is -1.06. The summed E-state index contributed by atoms with van der Waals surface area (Å²) in [4.78, 5) is 11.8. The van der Waals surface area contributed by atoms with Crippen LogP contribution >= 0.6 is 0 Å². The van der Waals surface area contributed by atoms with E-state index in [9.17, 15) is 9.90 Å². The summed E-state index contributed by atoms with van der Waals surface area (Å²) in [5.74, 6) is 0.426. The Labute approximate surface area is 92.1 Å². The van der Waals surface area contributed by atoms with E-state index in [1.54, 1.807) is 6.92 Å². The normalized spacial score (nSPS) is 40.7. The van der Waals surface area contributed by atoms with E-state index in [0.717, 1.165) is 12.8 Å². The molecule has 2 atom stereocenters. The molecule has 1 spiro atoms. The second kappa shape index (κ2) is 3.58. The molecule has 0 amide bonds. The zero-order valence-electron chi connectivity index (χ0n) is 9.88. The topological polar surface area (TPSA) is 37.3 Å². The van der Waals surface area contributed by atoms with Gasteiger partial charge >= 0.3 is 0 Å². The van der Waals surface area contributed by atoms with Gasteiger partial charge in [0.2, 0.25) is 0 Å². The molecule has 2 aliphatic rings. The van der Waals surface area contributed by atoms with Crippen LogP contribution in [0.5, 0.6) is 0 Å². The van der Waals surface area contributed by atoms with E-state index in [1.165, 1.54) is 25.7 Å². The number of carbonyl (C=O) groups is 1. The van der Waals surface area contributed by atoms with E-state index < -0.39 is 5.60 Å². The van der Waals surface area contributed by atoms with E-state index in [4.69, 9.17) is 0 Å². The van der Waals surface area contributed by atoms with Crippen molar-refractivity contribution in [3.05, 3.63) is 0 Å². The minimum Gasteiger partial charge on any atom is -0.382 e. The number of hydrogen-bond acceptors (Lipinski definition) is 2. The Hall–Kier alpha value is -0.370. The lowest BCUT2D eigenvalue weighted by Crippen LogP contribution is -2.47. The first-order valence-corrected chi connectivity index (χ1v) is 6.26. The number of hydrogen-bond donors (Lipinski definition) is 1. The van der Waals surface area contributed by atoms with Crippen molar-refractivity contribution < 1.29 is 9.90 Å². The minimum absolute atomic E-state index is 0.0666. The molecule has 2 fully saturated rings. The molecule has 0 unspecified atom stereocenters. The van der Waals surface area contributed by atoms with Crippen LogP contribution < -0.4 is 0 Å². The summed E-state index contributed by atoms with van der Waals surface area (Å²) >= 11 is 0. The smallest absolute Gasteiger partial charge is 0.164 e. The third-order valence-corrected chi connectivity index (χ3v) is 4.94. The van der Waals surface area contributed by atoms with Gasteiger partial charge in [-0.05, 0) is 25.7 Å². The second-order valence-electron chi connectivity index (χ2n) is 5.67. The van der Waals surface area contributed by atoms with Crippen molar-refractivity contribution in [1.82, 2.24) is 0 Å². The first kappa shape index (κ1) is 11.1. The van der Waals surface area contributed by atoms with Crippen molar-refractivity contribution in [2.24, 2.45) is 11.3 Å². The Morgan fingerprint density at radius 2 is 1.73 bits per heavy atom. The summed E-state index contributed by atoms with van der Waals surface area (Å²) < 4.78 is 0. The van der Waals surface area contributed by atoms with Crippen molar-refractivity contribution in [3.8, 4) is 0 Å². The molecule has 0 bridgehead atoms. The van der Waals surface area contributed by atoms with Gasteiger partial charge in [-0.15, -0.1) is 0 Å². The molecule has 0 radical (unpaired) electrons. The molecular formula is C13H22O2. The molecular weight excluding hydrogens is 188 g/mol. The third kappa shape index (κ3) is 1.45. The predicted octanol–water partition coefficient (Wildman–Crippen LogP) is 2.69. The molecule has 0 heterocycles. The average molecular weight is 210 g/mol. The summed E-state index contributed by atoms with van der Waals surface area (Å²) in [5, 5.41) is 10.5. The number of carbonyl (C=O) groups excluding carboxylic acids is 1. The molecule has 2 saturated carbocycles. The lowest BCUT2D eigenvalue weighted by molar-refractivity contribution is -0.143. The van der Waals surface area contributed by atoms with Gasteiger partial charge in [-0.2, -0.15) is 0 Å². The molecule has 2 rings (SSSR count). The van der Waals surface area contributed by atoms with Crippen molar-refractivity contribution in [1.29, 1.82) is 0 Å². The van der Waals surface area contributed by atoms with Crippen LogP contribution in [0.25, 0.3) is 0 Å². The van der Waals surface area contributed by atoms with Crippen LogP contribution in [0.1, 0.15) is 58.8 Å². The highest BCUT2D eigenvalue weighted by molar-refractivity contribution is 5.90. The van der Waals surface area contributed by atoms with Crippen LogP contribution in [0.4, 0.5) is 0 Å². The van der Waals surface area contributed by atoms with Gasteiger partial charge < -0.3 is 5.11 Å². The molecule has 1 N–H and O–H groups in total. The molecule has 2 nitrogen and oxygen atoms in total. The van der Waals surface area contributed by atoms with Gasteiger partial charge in [0.1, 0.15) is 5.60 Å². The zero-order chi connectivity index (χ0) is 11.1. The largest absolute Gasteiger partial charge is 0.382 e. The van der Waals surface area contributed by atoms with Gasteiger partial charge in [0.25, 0.3) is 0 Å². The molecule has 2 aliphatic carbocycles. The number of rotatable bonds is 0. The van der Waals surface area contributed by atoms with Crippen LogP contribution in [0, 0.1) is 11.3 Å². The summed E-state index contributed by atoms with van der Waals surface area (Å²) in [7, 11) is 0. The molecule has 15 heavy (non-hydrogen) atoms. The molecule has 0 saturated heterocycles. The maximum atomic E-state index is 11.8. The Bertz CT molecular complexity index is 260. The van der Waals surface area contributed by atoms with Gasteiger partial charge in [0.15, 0.2) is 5.78 Å². The van der Waals surface area contributed by atoms with Crippen molar-refractivity contribution in [2.45, 2.75) is 64.4 Å². The molecule has 0 aromatic carbocycles. The summed E-state index contributed by atoms with van der Waals surface area (Å²) in [6.07, 6.45) is 7.52. The van der Waals surface area contributed by atoms with Gasteiger partial charge in [0.05, 0.1) is 0 Å². The first-order chi connectivity index (χ1) is 7.01. The highest BCUT2D eigenvalue weighted by atomic mass is 16.3. The van der Waals surface area contributed by atoms with E-state index in [2.05, 4.69) is 6.92 Å². The van der Waals surface area contributed by atoms with E-state index in [-0.39, 0.29) is 11.2 Å². The fourth-order valence-corrected chi connectivity index (χ4v) is 3.77. The van der Waals surface area contributed by atoms with Crippen LogP contribution in [0.15, 0.2) is 0 Å².